The molecule has 0 spiro atoms. The SMILES string of the molecule is CCN(C(=O)N[C@@H](CCSC)C(=O)O)C1CCNCC1. The van der Waals surface area contributed by atoms with Crippen LogP contribution in [0.5, 0.6) is 0 Å². The lowest BCUT2D eigenvalue weighted by Gasteiger charge is -2.34. The fraction of sp³-hybridized carbons (Fsp3) is 0.846. The molecule has 3 N–H and O–H groups in total. The standard InChI is InChI=1S/C13H25N3O3S/c1-3-16(10-4-7-14-8-5-10)13(19)15-11(12(17)18)6-9-20-2/h10-11,14H,3-9H2,1-2H3,(H,15,19)(H,17,18)/t11-/m0/s1. The van der Waals surface area contributed by atoms with Crippen LogP contribution in [0.25, 0.3) is 0 Å². The Morgan fingerprint density at radius 2 is 2.10 bits per heavy atom. The van der Waals surface area contributed by atoms with E-state index in [1.54, 1.807) is 16.7 Å². The normalized spacial score (nSPS) is 17.5. The zero-order valence-corrected chi connectivity index (χ0v) is 13.0. The second-order valence-corrected chi connectivity index (χ2v) is 5.87. The third kappa shape index (κ3) is 5.20. The Morgan fingerprint density at radius 3 is 2.60 bits per heavy atom. The van der Waals surface area contributed by atoms with E-state index in [9.17, 15) is 9.59 Å². The van der Waals surface area contributed by atoms with Crippen LogP contribution in [0.3, 0.4) is 0 Å². The number of carboxylic acid groups (broad SMARTS) is 1. The molecule has 1 rings (SSSR count). The van der Waals surface area contributed by atoms with Gasteiger partial charge in [-0.25, -0.2) is 9.59 Å². The van der Waals surface area contributed by atoms with Gasteiger partial charge < -0.3 is 20.6 Å². The van der Waals surface area contributed by atoms with E-state index >= 15 is 0 Å². The van der Waals surface area contributed by atoms with Crippen molar-refractivity contribution in [1.82, 2.24) is 15.5 Å². The zero-order chi connectivity index (χ0) is 15.0. The minimum Gasteiger partial charge on any atom is -0.480 e. The van der Waals surface area contributed by atoms with Gasteiger partial charge in [-0.2, -0.15) is 11.8 Å². The predicted molar refractivity (Wildman–Crippen MR) is 81.2 cm³/mol. The summed E-state index contributed by atoms with van der Waals surface area (Å²) in [6, 6.07) is -0.852. The maximum atomic E-state index is 12.3. The highest BCUT2D eigenvalue weighted by molar-refractivity contribution is 7.98. The number of nitrogens with zero attached hydrogens (tertiary/aromatic N) is 1. The van der Waals surface area contributed by atoms with Crippen LogP contribution in [-0.2, 0) is 4.79 Å². The molecule has 116 valence electrons. The minimum atomic E-state index is -0.964. The monoisotopic (exact) mass is 303 g/mol. The first-order valence-corrected chi connectivity index (χ1v) is 8.49. The van der Waals surface area contributed by atoms with Crippen molar-refractivity contribution >= 4 is 23.8 Å². The van der Waals surface area contributed by atoms with Crippen LogP contribution in [0.2, 0.25) is 0 Å². The Labute approximate surface area is 124 Å². The number of hydrogen-bond donors (Lipinski definition) is 3. The Bertz CT molecular complexity index is 322. The highest BCUT2D eigenvalue weighted by Crippen LogP contribution is 2.12. The van der Waals surface area contributed by atoms with E-state index in [2.05, 4.69) is 10.6 Å². The van der Waals surface area contributed by atoms with Crippen LogP contribution >= 0.6 is 11.8 Å². The van der Waals surface area contributed by atoms with Crippen molar-refractivity contribution in [1.29, 1.82) is 0 Å². The molecule has 1 aliphatic rings. The van der Waals surface area contributed by atoms with Crippen LogP contribution in [-0.4, -0.2) is 65.7 Å². The third-order valence-corrected chi connectivity index (χ3v) is 4.20. The third-order valence-electron chi connectivity index (χ3n) is 3.56. The molecule has 1 saturated heterocycles. The Hall–Kier alpha value is -0.950. The summed E-state index contributed by atoms with van der Waals surface area (Å²) in [7, 11) is 0. The number of carbonyl (C=O) groups is 2. The minimum absolute atomic E-state index is 0.205. The average Bonchev–Trinajstić information content (AvgIpc) is 2.45. The van der Waals surface area contributed by atoms with Gasteiger partial charge in [-0.05, 0) is 51.3 Å². The molecule has 0 aromatic heterocycles. The fourth-order valence-electron chi connectivity index (χ4n) is 2.41. The molecule has 1 heterocycles. The first-order valence-electron chi connectivity index (χ1n) is 7.09. The van der Waals surface area contributed by atoms with Gasteiger partial charge in [0.05, 0.1) is 0 Å². The number of carboxylic acids is 1. The highest BCUT2D eigenvalue weighted by Gasteiger charge is 2.27. The molecule has 7 heteroatoms. The number of amides is 2. The van der Waals surface area contributed by atoms with Gasteiger partial charge in [-0.1, -0.05) is 0 Å². The predicted octanol–water partition coefficient (Wildman–Crippen LogP) is 0.976. The largest absolute Gasteiger partial charge is 0.480 e. The van der Waals surface area contributed by atoms with Gasteiger partial charge >= 0.3 is 12.0 Å². The van der Waals surface area contributed by atoms with Gasteiger partial charge in [0.1, 0.15) is 6.04 Å². The average molecular weight is 303 g/mol. The summed E-state index contributed by atoms with van der Waals surface area (Å²) in [6.07, 6.45) is 4.22. The number of thioether (sulfide) groups is 1. The van der Waals surface area contributed by atoms with E-state index < -0.39 is 12.0 Å². The lowest BCUT2D eigenvalue weighted by Crippen LogP contribution is -2.53. The molecular formula is C13H25N3O3S. The van der Waals surface area contributed by atoms with Crippen molar-refractivity contribution < 1.29 is 14.7 Å². The highest BCUT2D eigenvalue weighted by atomic mass is 32.2. The molecule has 0 saturated carbocycles. The maximum absolute atomic E-state index is 12.3. The van der Waals surface area contributed by atoms with Crippen molar-refractivity contribution in [3.8, 4) is 0 Å². The van der Waals surface area contributed by atoms with Gasteiger partial charge in [-0.15, -0.1) is 0 Å². The number of aliphatic carboxylic acids is 1. The van der Waals surface area contributed by atoms with Crippen molar-refractivity contribution in [2.75, 3.05) is 31.6 Å². The van der Waals surface area contributed by atoms with Crippen molar-refractivity contribution in [3.05, 3.63) is 0 Å². The van der Waals surface area contributed by atoms with Gasteiger partial charge in [0.25, 0.3) is 0 Å². The number of nitrogens with one attached hydrogen (secondary N) is 2. The van der Waals surface area contributed by atoms with Gasteiger partial charge in [-0.3, -0.25) is 0 Å². The summed E-state index contributed by atoms with van der Waals surface area (Å²) < 4.78 is 0. The summed E-state index contributed by atoms with van der Waals surface area (Å²) >= 11 is 1.58. The lowest BCUT2D eigenvalue weighted by atomic mass is 10.1. The molecule has 0 aromatic rings. The van der Waals surface area contributed by atoms with Crippen LogP contribution in [0.4, 0.5) is 4.79 Å². The molecule has 0 bridgehead atoms. The molecule has 6 nitrogen and oxygen atoms in total. The zero-order valence-electron chi connectivity index (χ0n) is 12.2. The van der Waals surface area contributed by atoms with Crippen molar-refractivity contribution in [2.24, 2.45) is 0 Å². The number of urea groups is 1. The number of carbonyl (C=O) groups excluding carboxylic acids is 1. The van der Waals surface area contributed by atoms with Gasteiger partial charge in [0.2, 0.25) is 0 Å². The Balaban J connectivity index is 2.57. The molecule has 0 aromatic carbocycles. The molecule has 2 amide bonds. The van der Waals surface area contributed by atoms with E-state index in [0.29, 0.717) is 13.0 Å². The second kappa shape index (κ2) is 9.07. The van der Waals surface area contributed by atoms with E-state index in [1.165, 1.54) is 0 Å². The maximum Gasteiger partial charge on any atom is 0.326 e. The molecule has 1 fully saturated rings. The molecule has 20 heavy (non-hydrogen) atoms. The molecule has 0 aliphatic carbocycles. The van der Waals surface area contributed by atoms with Crippen LogP contribution < -0.4 is 10.6 Å². The summed E-state index contributed by atoms with van der Waals surface area (Å²) in [6.45, 7) is 4.34. The number of rotatable bonds is 7. The number of piperidine rings is 1. The Kier molecular flexibility index (Phi) is 7.76. The van der Waals surface area contributed by atoms with E-state index in [-0.39, 0.29) is 12.1 Å². The first kappa shape index (κ1) is 17.1. The first-order chi connectivity index (χ1) is 9.60. The van der Waals surface area contributed by atoms with E-state index in [4.69, 9.17) is 5.11 Å². The lowest BCUT2D eigenvalue weighted by molar-refractivity contribution is -0.139. The molecule has 0 radical (unpaired) electrons. The fourth-order valence-corrected chi connectivity index (χ4v) is 2.88. The van der Waals surface area contributed by atoms with Crippen LogP contribution in [0, 0.1) is 0 Å². The van der Waals surface area contributed by atoms with Crippen LogP contribution in [0.1, 0.15) is 26.2 Å². The Morgan fingerprint density at radius 1 is 1.45 bits per heavy atom. The quantitative estimate of drug-likeness (QED) is 0.653. The van der Waals surface area contributed by atoms with Crippen molar-refractivity contribution in [3.63, 3.8) is 0 Å². The van der Waals surface area contributed by atoms with E-state index in [0.717, 1.165) is 31.7 Å². The van der Waals surface area contributed by atoms with Gasteiger partial charge in [0, 0.05) is 12.6 Å². The molecule has 1 atom stereocenters. The van der Waals surface area contributed by atoms with Gasteiger partial charge in [0.15, 0.2) is 0 Å². The summed E-state index contributed by atoms with van der Waals surface area (Å²) in [4.78, 5) is 25.2. The summed E-state index contributed by atoms with van der Waals surface area (Å²) in [5.41, 5.74) is 0. The molecular weight excluding hydrogens is 278 g/mol. The summed E-state index contributed by atoms with van der Waals surface area (Å²) in [5.74, 6) is -0.245. The van der Waals surface area contributed by atoms with E-state index in [1.807, 2.05) is 13.2 Å². The second-order valence-electron chi connectivity index (χ2n) is 4.89. The molecule has 1 aliphatic heterocycles. The summed E-state index contributed by atoms with van der Waals surface area (Å²) in [5, 5.41) is 15.1. The van der Waals surface area contributed by atoms with Crippen LogP contribution in [0.15, 0.2) is 0 Å². The smallest absolute Gasteiger partial charge is 0.326 e. The van der Waals surface area contributed by atoms with Crippen molar-refractivity contribution in [2.45, 2.75) is 38.3 Å². The topological polar surface area (TPSA) is 81.7 Å². The molecule has 0 unspecified atom stereocenters. The number of hydrogen-bond acceptors (Lipinski definition) is 4.